The van der Waals surface area contributed by atoms with Gasteiger partial charge in [0.05, 0.1) is 5.69 Å². The van der Waals surface area contributed by atoms with Crippen LogP contribution >= 0.6 is 22.6 Å². The summed E-state index contributed by atoms with van der Waals surface area (Å²) in [6, 6.07) is 11.1. The fourth-order valence-electron chi connectivity index (χ4n) is 1.77. The van der Waals surface area contributed by atoms with Crippen LogP contribution in [-0.4, -0.2) is 18.4 Å². The van der Waals surface area contributed by atoms with Crippen LogP contribution < -0.4 is 15.4 Å². The number of amides is 2. The van der Waals surface area contributed by atoms with Gasteiger partial charge in [0.25, 0.3) is 5.91 Å². The number of halogens is 2. The van der Waals surface area contributed by atoms with Crippen molar-refractivity contribution in [1.82, 2.24) is 0 Å². The second-order valence-corrected chi connectivity index (χ2v) is 5.91. The topological polar surface area (TPSA) is 67.4 Å². The van der Waals surface area contributed by atoms with E-state index in [1.54, 1.807) is 12.1 Å². The van der Waals surface area contributed by atoms with Crippen molar-refractivity contribution in [3.05, 3.63) is 51.9 Å². The maximum Gasteiger partial charge on any atom is 0.262 e. The van der Waals surface area contributed by atoms with E-state index in [0.29, 0.717) is 11.4 Å². The van der Waals surface area contributed by atoms with Gasteiger partial charge in [-0.3, -0.25) is 9.59 Å². The van der Waals surface area contributed by atoms with E-state index < -0.39 is 11.7 Å². The molecule has 0 aliphatic rings. The standard InChI is InChI=1S/C16H14FIN2O3/c1-10(21)19-12-4-7-14(17)15(8-12)20-16(22)9-23-13-5-2-11(18)3-6-13/h2-8H,9H2,1H3,(H,19,21)(H,20,22). The molecule has 0 heterocycles. The Morgan fingerprint density at radius 2 is 1.83 bits per heavy atom. The molecular formula is C16H14FIN2O3. The molecule has 2 N–H and O–H groups in total. The number of hydrogen-bond acceptors (Lipinski definition) is 3. The van der Waals surface area contributed by atoms with Gasteiger partial charge >= 0.3 is 0 Å². The molecule has 0 saturated heterocycles. The fraction of sp³-hybridized carbons (Fsp3) is 0.125. The molecule has 0 aliphatic heterocycles. The molecule has 0 fully saturated rings. The monoisotopic (exact) mass is 428 g/mol. The minimum atomic E-state index is -0.596. The first kappa shape index (κ1) is 17.2. The maximum atomic E-state index is 13.7. The van der Waals surface area contributed by atoms with Gasteiger partial charge in [-0.2, -0.15) is 0 Å². The van der Waals surface area contributed by atoms with Gasteiger partial charge in [-0.25, -0.2) is 4.39 Å². The van der Waals surface area contributed by atoms with Gasteiger partial charge in [-0.05, 0) is 65.1 Å². The van der Waals surface area contributed by atoms with Crippen molar-refractivity contribution in [2.24, 2.45) is 0 Å². The Labute approximate surface area is 146 Å². The third kappa shape index (κ3) is 5.51. The van der Waals surface area contributed by atoms with E-state index in [1.807, 2.05) is 12.1 Å². The van der Waals surface area contributed by atoms with Crippen LogP contribution in [-0.2, 0) is 9.59 Å². The second kappa shape index (κ2) is 7.91. The maximum absolute atomic E-state index is 13.7. The van der Waals surface area contributed by atoms with Gasteiger partial charge in [0, 0.05) is 16.2 Å². The second-order valence-electron chi connectivity index (χ2n) is 4.67. The Bertz CT molecular complexity index is 720. The van der Waals surface area contributed by atoms with Gasteiger partial charge in [0.15, 0.2) is 6.61 Å². The van der Waals surface area contributed by atoms with Crippen molar-refractivity contribution in [3.63, 3.8) is 0 Å². The van der Waals surface area contributed by atoms with Gasteiger partial charge in [0.1, 0.15) is 11.6 Å². The molecular weight excluding hydrogens is 414 g/mol. The predicted molar refractivity (Wildman–Crippen MR) is 94.0 cm³/mol. The summed E-state index contributed by atoms with van der Waals surface area (Å²) >= 11 is 2.16. The number of benzene rings is 2. The molecule has 0 radical (unpaired) electrons. The molecule has 0 unspecified atom stereocenters. The van der Waals surface area contributed by atoms with Gasteiger partial charge in [0.2, 0.25) is 5.91 Å². The fourth-order valence-corrected chi connectivity index (χ4v) is 2.13. The summed E-state index contributed by atoms with van der Waals surface area (Å²) in [5.41, 5.74) is 0.375. The smallest absolute Gasteiger partial charge is 0.262 e. The van der Waals surface area contributed by atoms with E-state index in [9.17, 15) is 14.0 Å². The minimum Gasteiger partial charge on any atom is -0.484 e. The number of carbonyl (C=O) groups excluding carboxylic acids is 2. The summed E-state index contributed by atoms with van der Waals surface area (Å²) in [5.74, 6) is -0.826. The molecule has 2 aromatic carbocycles. The molecule has 120 valence electrons. The van der Waals surface area contributed by atoms with E-state index in [2.05, 4.69) is 33.2 Å². The SMILES string of the molecule is CC(=O)Nc1ccc(F)c(NC(=O)COc2ccc(I)cc2)c1. The molecule has 2 aromatic rings. The van der Waals surface area contributed by atoms with Crippen molar-refractivity contribution in [2.75, 3.05) is 17.2 Å². The Hall–Kier alpha value is -2.16. The van der Waals surface area contributed by atoms with Gasteiger partial charge in [-0.1, -0.05) is 0 Å². The Morgan fingerprint density at radius 1 is 1.13 bits per heavy atom. The molecule has 5 nitrogen and oxygen atoms in total. The Morgan fingerprint density at radius 3 is 2.48 bits per heavy atom. The summed E-state index contributed by atoms with van der Waals surface area (Å²) in [4.78, 5) is 22.8. The van der Waals surface area contributed by atoms with Crippen molar-refractivity contribution in [2.45, 2.75) is 6.92 Å². The molecule has 0 bridgehead atoms. The average Bonchev–Trinajstić information content (AvgIpc) is 2.49. The number of hydrogen-bond donors (Lipinski definition) is 2. The summed E-state index contributed by atoms with van der Waals surface area (Å²) in [7, 11) is 0. The molecule has 0 aliphatic carbocycles. The van der Waals surface area contributed by atoms with Crippen LogP contribution in [0.5, 0.6) is 5.75 Å². The Balaban J connectivity index is 1.96. The largest absolute Gasteiger partial charge is 0.484 e. The number of nitrogens with one attached hydrogen (secondary N) is 2. The molecule has 0 atom stereocenters. The van der Waals surface area contributed by atoms with Gasteiger partial charge in [-0.15, -0.1) is 0 Å². The lowest BCUT2D eigenvalue weighted by atomic mass is 10.2. The normalized spacial score (nSPS) is 10.0. The van der Waals surface area contributed by atoms with E-state index in [1.165, 1.54) is 25.1 Å². The van der Waals surface area contributed by atoms with Crippen LogP contribution in [0.3, 0.4) is 0 Å². The summed E-state index contributed by atoms with van der Waals surface area (Å²) in [6.45, 7) is 1.10. The Kier molecular flexibility index (Phi) is 5.91. The zero-order valence-electron chi connectivity index (χ0n) is 12.2. The number of ether oxygens (including phenoxy) is 1. The molecule has 0 aromatic heterocycles. The number of carbonyl (C=O) groups is 2. The highest BCUT2D eigenvalue weighted by Crippen LogP contribution is 2.20. The van der Waals surface area contributed by atoms with E-state index >= 15 is 0 Å². The molecule has 0 saturated carbocycles. The van der Waals surface area contributed by atoms with Crippen LogP contribution in [0.1, 0.15) is 6.92 Å². The van der Waals surface area contributed by atoms with Crippen LogP contribution in [0.4, 0.5) is 15.8 Å². The molecule has 2 rings (SSSR count). The van der Waals surface area contributed by atoms with Crippen LogP contribution in [0, 0.1) is 9.39 Å². The summed E-state index contributed by atoms with van der Waals surface area (Å²) in [6.07, 6.45) is 0. The van der Waals surface area contributed by atoms with Crippen molar-refractivity contribution >= 4 is 45.8 Å². The third-order valence-corrected chi connectivity index (χ3v) is 3.46. The van der Waals surface area contributed by atoms with E-state index in [4.69, 9.17) is 4.74 Å². The predicted octanol–water partition coefficient (Wildman–Crippen LogP) is 3.41. The highest BCUT2D eigenvalue weighted by atomic mass is 127. The highest BCUT2D eigenvalue weighted by Gasteiger charge is 2.09. The van der Waals surface area contributed by atoms with E-state index in [0.717, 1.165) is 3.57 Å². The quantitative estimate of drug-likeness (QED) is 0.718. The van der Waals surface area contributed by atoms with Crippen LogP contribution in [0.2, 0.25) is 0 Å². The summed E-state index contributed by atoms with van der Waals surface area (Å²) in [5, 5.41) is 4.93. The molecule has 7 heteroatoms. The van der Waals surface area contributed by atoms with Crippen molar-refractivity contribution < 1.29 is 18.7 Å². The first-order chi connectivity index (χ1) is 10.9. The minimum absolute atomic E-state index is 0.0209. The van der Waals surface area contributed by atoms with Crippen LogP contribution in [0.25, 0.3) is 0 Å². The number of rotatable bonds is 5. The van der Waals surface area contributed by atoms with Crippen LogP contribution in [0.15, 0.2) is 42.5 Å². The highest BCUT2D eigenvalue weighted by molar-refractivity contribution is 14.1. The molecule has 0 spiro atoms. The van der Waals surface area contributed by atoms with E-state index in [-0.39, 0.29) is 18.2 Å². The van der Waals surface area contributed by atoms with Crippen molar-refractivity contribution in [1.29, 1.82) is 0 Å². The van der Waals surface area contributed by atoms with Gasteiger partial charge < -0.3 is 15.4 Å². The zero-order chi connectivity index (χ0) is 16.8. The molecule has 23 heavy (non-hydrogen) atoms. The first-order valence-corrected chi connectivity index (χ1v) is 7.77. The lowest BCUT2D eigenvalue weighted by Gasteiger charge is -2.10. The van der Waals surface area contributed by atoms with Crippen molar-refractivity contribution in [3.8, 4) is 5.75 Å². The zero-order valence-corrected chi connectivity index (χ0v) is 14.4. The molecule has 2 amide bonds. The lowest BCUT2D eigenvalue weighted by molar-refractivity contribution is -0.118. The third-order valence-electron chi connectivity index (χ3n) is 2.74. The number of anilines is 2. The first-order valence-electron chi connectivity index (χ1n) is 6.69. The lowest BCUT2D eigenvalue weighted by Crippen LogP contribution is -2.21. The summed E-state index contributed by atoms with van der Waals surface area (Å²) < 4.78 is 20.1. The average molecular weight is 428 g/mol.